The van der Waals surface area contributed by atoms with Crippen molar-refractivity contribution in [1.29, 1.82) is 0 Å². The summed E-state index contributed by atoms with van der Waals surface area (Å²) in [6.07, 6.45) is 2.70. The topological polar surface area (TPSA) is 83.8 Å². The standard InChI is InChI=1S/C7H8O3S.C7H12O2/c1-6-2-4-7(5-3-6)11(8,9)10;1-2-3-7(4-8)5-9-6-7/h2-5H,1H3,(H,8,9,10);2,8H,1,3-6H2. The summed E-state index contributed by atoms with van der Waals surface area (Å²) in [6, 6.07) is 5.99. The molecule has 0 aliphatic carbocycles. The quantitative estimate of drug-likeness (QED) is 0.654. The zero-order chi connectivity index (χ0) is 15.2. The van der Waals surface area contributed by atoms with Crippen molar-refractivity contribution >= 4 is 10.1 Å². The zero-order valence-corrected chi connectivity index (χ0v) is 12.3. The van der Waals surface area contributed by atoms with Crippen LogP contribution in [0.25, 0.3) is 0 Å². The number of hydrogen-bond acceptors (Lipinski definition) is 4. The Morgan fingerprint density at radius 3 is 2.15 bits per heavy atom. The first-order chi connectivity index (χ1) is 9.33. The van der Waals surface area contributed by atoms with Gasteiger partial charge in [-0.05, 0) is 25.5 Å². The molecule has 0 amide bonds. The SMILES string of the molecule is C=CCC1(CO)COC1.Cc1ccc(S(=O)(=O)O)cc1. The van der Waals surface area contributed by atoms with E-state index in [1.54, 1.807) is 12.1 Å². The molecule has 2 N–H and O–H groups in total. The molecule has 1 heterocycles. The largest absolute Gasteiger partial charge is 0.396 e. The monoisotopic (exact) mass is 300 g/mol. The Hall–Kier alpha value is -1.21. The van der Waals surface area contributed by atoms with E-state index in [9.17, 15) is 8.42 Å². The first kappa shape index (κ1) is 16.8. The van der Waals surface area contributed by atoms with Crippen LogP contribution in [0.4, 0.5) is 0 Å². The molecule has 1 fully saturated rings. The fraction of sp³-hybridized carbons (Fsp3) is 0.429. The van der Waals surface area contributed by atoms with E-state index in [1.165, 1.54) is 12.1 Å². The van der Waals surface area contributed by atoms with Gasteiger partial charge in [0, 0.05) is 5.41 Å². The molecule has 0 bridgehead atoms. The normalized spacial score (nSPS) is 16.6. The number of allylic oxidation sites excluding steroid dienone is 1. The maximum absolute atomic E-state index is 10.5. The molecule has 0 radical (unpaired) electrons. The second-order valence-electron chi connectivity index (χ2n) is 4.93. The third-order valence-corrected chi connectivity index (χ3v) is 3.92. The first-order valence-electron chi connectivity index (χ1n) is 6.17. The highest BCUT2D eigenvalue weighted by Gasteiger charge is 2.36. The lowest BCUT2D eigenvalue weighted by atomic mass is 9.84. The van der Waals surface area contributed by atoms with E-state index < -0.39 is 10.1 Å². The Kier molecular flexibility index (Phi) is 5.88. The summed E-state index contributed by atoms with van der Waals surface area (Å²) < 4.78 is 34.5. The van der Waals surface area contributed by atoms with Crippen molar-refractivity contribution in [1.82, 2.24) is 0 Å². The number of benzene rings is 1. The number of rotatable bonds is 4. The van der Waals surface area contributed by atoms with Gasteiger partial charge in [0.25, 0.3) is 10.1 Å². The molecule has 1 aromatic carbocycles. The van der Waals surface area contributed by atoms with Crippen LogP contribution >= 0.6 is 0 Å². The molecule has 2 rings (SSSR count). The van der Waals surface area contributed by atoms with Crippen molar-refractivity contribution in [2.75, 3.05) is 19.8 Å². The molecule has 20 heavy (non-hydrogen) atoms. The van der Waals surface area contributed by atoms with Crippen LogP contribution in [-0.2, 0) is 14.9 Å². The molecule has 1 aliphatic rings. The second-order valence-corrected chi connectivity index (χ2v) is 6.35. The average Bonchev–Trinajstić information content (AvgIpc) is 2.34. The van der Waals surface area contributed by atoms with Gasteiger partial charge in [-0.2, -0.15) is 8.42 Å². The van der Waals surface area contributed by atoms with E-state index in [0.29, 0.717) is 13.2 Å². The molecular formula is C14H20O5S. The van der Waals surface area contributed by atoms with Gasteiger partial charge in [0.1, 0.15) is 0 Å². The van der Waals surface area contributed by atoms with E-state index in [2.05, 4.69) is 6.58 Å². The molecule has 0 unspecified atom stereocenters. The third-order valence-electron chi connectivity index (χ3n) is 3.05. The zero-order valence-electron chi connectivity index (χ0n) is 11.4. The van der Waals surface area contributed by atoms with Crippen LogP contribution in [0.3, 0.4) is 0 Å². The summed E-state index contributed by atoms with van der Waals surface area (Å²) in [5.74, 6) is 0. The molecule has 6 heteroatoms. The number of aryl methyl sites for hydroxylation is 1. The predicted molar refractivity (Wildman–Crippen MR) is 76.1 cm³/mol. The fourth-order valence-corrected chi connectivity index (χ4v) is 2.16. The lowest BCUT2D eigenvalue weighted by Crippen LogP contribution is -2.45. The van der Waals surface area contributed by atoms with Crippen molar-refractivity contribution in [2.45, 2.75) is 18.2 Å². The van der Waals surface area contributed by atoms with Gasteiger partial charge in [0.15, 0.2) is 0 Å². The highest BCUT2D eigenvalue weighted by molar-refractivity contribution is 7.85. The van der Waals surface area contributed by atoms with E-state index in [0.717, 1.165) is 12.0 Å². The lowest BCUT2D eigenvalue weighted by Gasteiger charge is -2.39. The van der Waals surface area contributed by atoms with Gasteiger partial charge in [-0.15, -0.1) is 6.58 Å². The maximum Gasteiger partial charge on any atom is 0.294 e. The van der Waals surface area contributed by atoms with Crippen molar-refractivity contribution in [2.24, 2.45) is 5.41 Å². The Morgan fingerprint density at radius 2 is 1.90 bits per heavy atom. The van der Waals surface area contributed by atoms with Crippen LogP contribution in [-0.4, -0.2) is 37.9 Å². The number of hydrogen-bond donors (Lipinski definition) is 2. The van der Waals surface area contributed by atoms with Crippen molar-refractivity contribution in [3.63, 3.8) is 0 Å². The van der Waals surface area contributed by atoms with Gasteiger partial charge in [0.2, 0.25) is 0 Å². The molecule has 0 spiro atoms. The predicted octanol–water partition coefficient (Wildman–Crippen LogP) is 1.81. The Labute approximate surface area is 119 Å². The summed E-state index contributed by atoms with van der Waals surface area (Å²) in [7, 11) is -4.02. The summed E-state index contributed by atoms with van der Waals surface area (Å²) >= 11 is 0. The minimum Gasteiger partial charge on any atom is -0.396 e. The smallest absolute Gasteiger partial charge is 0.294 e. The van der Waals surface area contributed by atoms with Gasteiger partial charge >= 0.3 is 0 Å². The maximum atomic E-state index is 10.5. The highest BCUT2D eigenvalue weighted by atomic mass is 32.2. The number of ether oxygens (including phenoxy) is 1. The summed E-state index contributed by atoms with van der Waals surface area (Å²) in [5.41, 5.74) is 0.985. The molecule has 0 aromatic heterocycles. The minimum absolute atomic E-state index is 0.0295. The third kappa shape index (κ3) is 4.72. The molecule has 5 nitrogen and oxygen atoms in total. The molecule has 1 aromatic rings. The van der Waals surface area contributed by atoms with Crippen molar-refractivity contribution in [3.8, 4) is 0 Å². The van der Waals surface area contributed by atoms with E-state index in [-0.39, 0.29) is 16.9 Å². The fourth-order valence-electron chi connectivity index (χ4n) is 1.68. The molecule has 1 aliphatic heterocycles. The van der Waals surface area contributed by atoms with E-state index >= 15 is 0 Å². The lowest BCUT2D eigenvalue weighted by molar-refractivity contribution is -0.134. The van der Waals surface area contributed by atoms with Gasteiger partial charge in [-0.25, -0.2) is 0 Å². The molecule has 112 valence electrons. The van der Waals surface area contributed by atoms with E-state index in [1.807, 2.05) is 13.0 Å². The number of aliphatic hydroxyl groups excluding tert-OH is 1. The molecule has 0 atom stereocenters. The molecular weight excluding hydrogens is 280 g/mol. The summed E-state index contributed by atoms with van der Waals surface area (Å²) in [6.45, 7) is 7.05. The average molecular weight is 300 g/mol. The van der Waals surface area contributed by atoms with E-state index in [4.69, 9.17) is 14.4 Å². The summed E-state index contributed by atoms with van der Waals surface area (Å²) in [5, 5.41) is 8.84. The molecule has 0 saturated carbocycles. The Morgan fingerprint density at radius 1 is 1.35 bits per heavy atom. The Balaban J connectivity index is 0.000000204. The minimum atomic E-state index is -4.02. The number of aliphatic hydroxyl groups is 1. The molecule has 1 saturated heterocycles. The van der Waals surface area contributed by atoms with Crippen molar-refractivity contribution in [3.05, 3.63) is 42.5 Å². The summed E-state index contributed by atoms with van der Waals surface area (Å²) in [4.78, 5) is -0.0666. The highest BCUT2D eigenvalue weighted by Crippen LogP contribution is 2.30. The Bertz CT molecular complexity index is 524. The second kappa shape index (κ2) is 6.99. The van der Waals surface area contributed by atoms with Crippen LogP contribution in [0.1, 0.15) is 12.0 Å². The van der Waals surface area contributed by atoms with Gasteiger partial charge < -0.3 is 9.84 Å². The van der Waals surface area contributed by atoms with Crippen LogP contribution < -0.4 is 0 Å². The van der Waals surface area contributed by atoms with Gasteiger partial charge in [-0.1, -0.05) is 23.8 Å². The van der Waals surface area contributed by atoms with Gasteiger partial charge in [-0.3, -0.25) is 4.55 Å². The van der Waals surface area contributed by atoms with Crippen LogP contribution in [0.15, 0.2) is 41.8 Å². The van der Waals surface area contributed by atoms with Crippen LogP contribution in [0, 0.1) is 12.3 Å². The van der Waals surface area contributed by atoms with Crippen LogP contribution in [0.2, 0.25) is 0 Å². The van der Waals surface area contributed by atoms with Crippen LogP contribution in [0.5, 0.6) is 0 Å². The first-order valence-corrected chi connectivity index (χ1v) is 7.61. The van der Waals surface area contributed by atoms with Gasteiger partial charge in [0.05, 0.1) is 24.7 Å². The van der Waals surface area contributed by atoms with Crippen molar-refractivity contribution < 1.29 is 22.8 Å².